The molecule has 1 aromatic heterocycles. The van der Waals surface area contributed by atoms with Crippen LogP contribution in [-0.4, -0.2) is 21.2 Å². The SMILES string of the molecule is Oc1ccc(-c2csc(NC3CCCC3)n2)c(O)c1. The van der Waals surface area contributed by atoms with Gasteiger partial charge in [0, 0.05) is 23.1 Å². The molecule has 1 aliphatic rings. The first-order chi connectivity index (χ1) is 9.22. The summed E-state index contributed by atoms with van der Waals surface area (Å²) >= 11 is 1.55. The molecule has 19 heavy (non-hydrogen) atoms. The quantitative estimate of drug-likeness (QED) is 0.801. The van der Waals surface area contributed by atoms with Crippen LogP contribution in [0, 0.1) is 0 Å². The number of aromatic nitrogens is 1. The Kier molecular flexibility index (Phi) is 3.29. The zero-order valence-electron chi connectivity index (χ0n) is 10.5. The van der Waals surface area contributed by atoms with Crippen molar-refractivity contribution in [1.29, 1.82) is 0 Å². The van der Waals surface area contributed by atoms with Crippen molar-refractivity contribution in [2.75, 3.05) is 5.32 Å². The number of aromatic hydroxyl groups is 2. The summed E-state index contributed by atoms with van der Waals surface area (Å²) in [7, 11) is 0. The summed E-state index contributed by atoms with van der Waals surface area (Å²) in [5.74, 6) is 0.110. The molecule has 1 aliphatic carbocycles. The van der Waals surface area contributed by atoms with E-state index in [4.69, 9.17) is 0 Å². The van der Waals surface area contributed by atoms with Crippen LogP contribution in [0.15, 0.2) is 23.6 Å². The third-order valence-electron chi connectivity index (χ3n) is 3.44. The lowest BCUT2D eigenvalue weighted by atomic mass is 10.1. The first-order valence-corrected chi connectivity index (χ1v) is 7.35. The van der Waals surface area contributed by atoms with Gasteiger partial charge in [-0.1, -0.05) is 12.8 Å². The summed E-state index contributed by atoms with van der Waals surface area (Å²) in [5, 5.41) is 25.4. The minimum absolute atomic E-state index is 0.0534. The monoisotopic (exact) mass is 276 g/mol. The van der Waals surface area contributed by atoms with Gasteiger partial charge in [0.25, 0.3) is 0 Å². The minimum atomic E-state index is 0.0534. The molecular weight excluding hydrogens is 260 g/mol. The molecule has 3 N–H and O–H groups in total. The summed E-state index contributed by atoms with van der Waals surface area (Å²) in [4.78, 5) is 4.50. The second-order valence-electron chi connectivity index (χ2n) is 4.87. The van der Waals surface area contributed by atoms with Gasteiger partial charge in [-0.25, -0.2) is 4.98 Å². The summed E-state index contributed by atoms with van der Waals surface area (Å²) in [5.41, 5.74) is 1.39. The number of thiazole rings is 1. The normalized spacial score (nSPS) is 15.8. The molecule has 0 amide bonds. The average molecular weight is 276 g/mol. The standard InChI is InChI=1S/C14H16N2O2S/c17-10-5-6-11(13(18)7-10)12-8-19-14(16-12)15-9-3-1-2-4-9/h5-9,17-18H,1-4H2,(H,15,16). The maximum absolute atomic E-state index is 9.82. The third-order valence-corrected chi connectivity index (χ3v) is 4.22. The van der Waals surface area contributed by atoms with E-state index in [-0.39, 0.29) is 11.5 Å². The molecule has 0 bridgehead atoms. The molecule has 0 aliphatic heterocycles. The minimum Gasteiger partial charge on any atom is -0.508 e. The molecule has 1 heterocycles. The second kappa shape index (κ2) is 5.09. The van der Waals surface area contributed by atoms with Gasteiger partial charge in [0.1, 0.15) is 11.5 Å². The molecule has 0 spiro atoms. The van der Waals surface area contributed by atoms with Crippen LogP contribution in [0.4, 0.5) is 5.13 Å². The lowest BCUT2D eigenvalue weighted by Crippen LogP contribution is -2.13. The number of nitrogens with zero attached hydrogens (tertiary/aromatic N) is 1. The van der Waals surface area contributed by atoms with Crippen molar-refractivity contribution in [2.24, 2.45) is 0 Å². The van der Waals surface area contributed by atoms with E-state index in [0.717, 1.165) is 10.8 Å². The van der Waals surface area contributed by atoms with Gasteiger partial charge in [-0.2, -0.15) is 0 Å². The van der Waals surface area contributed by atoms with E-state index < -0.39 is 0 Å². The number of phenolic OH excluding ortho intramolecular Hbond substituents is 2. The average Bonchev–Trinajstić information content (AvgIpc) is 3.01. The number of hydrogen-bond donors (Lipinski definition) is 3. The predicted octanol–water partition coefficient (Wildman–Crippen LogP) is 3.58. The van der Waals surface area contributed by atoms with Crippen LogP contribution in [0.25, 0.3) is 11.3 Å². The number of benzene rings is 1. The third kappa shape index (κ3) is 2.66. The van der Waals surface area contributed by atoms with E-state index in [1.165, 1.54) is 31.7 Å². The number of phenols is 2. The fraction of sp³-hybridized carbons (Fsp3) is 0.357. The molecular formula is C14H16N2O2S. The fourth-order valence-corrected chi connectivity index (χ4v) is 3.23. The lowest BCUT2D eigenvalue weighted by molar-refractivity contribution is 0.452. The van der Waals surface area contributed by atoms with Crippen molar-refractivity contribution in [2.45, 2.75) is 31.7 Å². The van der Waals surface area contributed by atoms with Crippen molar-refractivity contribution in [3.63, 3.8) is 0 Å². The maximum Gasteiger partial charge on any atom is 0.183 e. The lowest BCUT2D eigenvalue weighted by Gasteiger charge is -2.09. The van der Waals surface area contributed by atoms with E-state index in [2.05, 4.69) is 10.3 Å². The number of anilines is 1. The van der Waals surface area contributed by atoms with Crippen LogP contribution in [0.2, 0.25) is 0 Å². The van der Waals surface area contributed by atoms with Crippen molar-refractivity contribution in [3.05, 3.63) is 23.6 Å². The van der Waals surface area contributed by atoms with E-state index >= 15 is 0 Å². The van der Waals surface area contributed by atoms with Gasteiger partial charge in [0.05, 0.1) is 5.69 Å². The van der Waals surface area contributed by atoms with Gasteiger partial charge in [-0.3, -0.25) is 0 Å². The van der Waals surface area contributed by atoms with E-state index in [9.17, 15) is 10.2 Å². The fourth-order valence-electron chi connectivity index (χ4n) is 2.45. The first-order valence-electron chi connectivity index (χ1n) is 6.47. The second-order valence-corrected chi connectivity index (χ2v) is 5.72. The smallest absolute Gasteiger partial charge is 0.183 e. The zero-order chi connectivity index (χ0) is 13.2. The molecule has 0 atom stereocenters. The zero-order valence-corrected chi connectivity index (χ0v) is 11.3. The number of nitrogens with one attached hydrogen (secondary N) is 1. The highest BCUT2D eigenvalue weighted by molar-refractivity contribution is 7.14. The molecule has 100 valence electrons. The Morgan fingerprint density at radius 3 is 2.74 bits per heavy atom. The summed E-state index contributed by atoms with van der Waals surface area (Å²) < 4.78 is 0. The molecule has 0 radical (unpaired) electrons. The van der Waals surface area contributed by atoms with Crippen LogP contribution in [-0.2, 0) is 0 Å². The van der Waals surface area contributed by atoms with E-state index in [0.29, 0.717) is 11.6 Å². The van der Waals surface area contributed by atoms with Crippen molar-refractivity contribution in [3.8, 4) is 22.8 Å². The van der Waals surface area contributed by atoms with E-state index in [1.807, 2.05) is 5.38 Å². The molecule has 1 saturated carbocycles. The largest absolute Gasteiger partial charge is 0.508 e. The molecule has 0 unspecified atom stereocenters. The van der Waals surface area contributed by atoms with Gasteiger partial charge in [0.15, 0.2) is 5.13 Å². The number of rotatable bonds is 3. The maximum atomic E-state index is 9.82. The Morgan fingerprint density at radius 2 is 2.00 bits per heavy atom. The molecule has 3 rings (SSSR count). The highest BCUT2D eigenvalue weighted by Gasteiger charge is 2.16. The topological polar surface area (TPSA) is 65.4 Å². The Balaban J connectivity index is 1.80. The first kappa shape index (κ1) is 12.3. The van der Waals surface area contributed by atoms with Crippen molar-refractivity contribution in [1.82, 2.24) is 4.98 Å². The van der Waals surface area contributed by atoms with Crippen molar-refractivity contribution < 1.29 is 10.2 Å². The molecule has 0 saturated heterocycles. The summed E-state index contributed by atoms with van der Waals surface area (Å²) in [6.07, 6.45) is 4.99. The Hall–Kier alpha value is -1.75. The van der Waals surface area contributed by atoms with Crippen LogP contribution in [0.1, 0.15) is 25.7 Å². The van der Waals surface area contributed by atoms with Crippen LogP contribution in [0.5, 0.6) is 11.5 Å². The Morgan fingerprint density at radius 1 is 1.21 bits per heavy atom. The summed E-state index contributed by atoms with van der Waals surface area (Å²) in [6.45, 7) is 0. The Bertz CT molecular complexity index is 577. The Labute approximate surface area is 115 Å². The molecule has 4 nitrogen and oxygen atoms in total. The highest BCUT2D eigenvalue weighted by Crippen LogP contribution is 2.34. The number of hydrogen-bond acceptors (Lipinski definition) is 5. The molecule has 5 heteroatoms. The molecule has 2 aromatic rings. The van der Waals surface area contributed by atoms with Crippen LogP contribution >= 0.6 is 11.3 Å². The van der Waals surface area contributed by atoms with Gasteiger partial charge in [0.2, 0.25) is 0 Å². The van der Waals surface area contributed by atoms with Gasteiger partial charge < -0.3 is 15.5 Å². The van der Waals surface area contributed by atoms with Crippen molar-refractivity contribution >= 4 is 16.5 Å². The van der Waals surface area contributed by atoms with Gasteiger partial charge >= 0.3 is 0 Å². The highest BCUT2D eigenvalue weighted by atomic mass is 32.1. The van der Waals surface area contributed by atoms with E-state index in [1.54, 1.807) is 23.5 Å². The predicted molar refractivity (Wildman–Crippen MR) is 76.8 cm³/mol. The van der Waals surface area contributed by atoms with Gasteiger partial charge in [-0.05, 0) is 25.0 Å². The molecule has 1 fully saturated rings. The van der Waals surface area contributed by atoms with Gasteiger partial charge in [-0.15, -0.1) is 11.3 Å². The van der Waals surface area contributed by atoms with Crippen LogP contribution in [0.3, 0.4) is 0 Å². The van der Waals surface area contributed by atoms with Crippen LogP contribution < -0.4 is 5.32 Å². The molecule has 1 aromatic carbocycles. The summed E-state index contributed by atoms with van der Waals surface area (Å²) in [6, 6.07) is 5.10.